The average molecular weight is 573 g/mol. The Morgan fingerprint density at radius 3 is 1.95 bits per heavy atom. The molecule has 218 valence electrons. The Bertz CT molecular complexity index is 1660. The molecule has 5 rings (SSSR count). The second-order valence-corrected chi connectivity index (χ2v) is 10.8. The fourth-order valence-electron chi connectivity index (χ4n) is 5.40. The lowest BCUT2D eigenvalue weighted by Crippen LogP contribution is -2.44. The number of benzene rings is 4. The van der Waals surface area contributed by atoms with Crippen LogP contribution in [0.15, 0.2) is 109 Å². The van der Waals surface area contributed by atoms with E-state index in [9.17, 15) is 14.4 Å². The molecule has 43 heavy (non-hydrogen) atoms. The average Bonchev–Trinajstić information content (AvgIpc) is 3.03. The summed E-state index contributed by atoms with van der Waals surface area (Å²) in [4.78, 5) is 39.4. The van der Waals surface area contributed by atoms with E-state index in [1.165, 1.54) is 0 Å². The largest absolute Gasteiger partial charge is 0.345 e. The number of anilines is 2. The summed E-state index contributed by atoms with van der Waals surface area (Å²) in [6.07, 6.45) is 2.84. The van der Waals surface area contributed by atoms with E-state index in [-0.39, 0.29) is 29.7 Å². The highest BCUT2D eigenvalue weighted by atomic mass is 16.2. The number of carbonyl (C=O) groups is 3. The van der Waals surface area contributed by atoms with E-state index < -0.39 is 6.04 Å². The van der Waals surface area contributed by atoms with Crippen molar-refractivity contribution in [1.29, 1.82) is 0 Å². The molecule has 3 amide bonds. The molecule has 7 nitrogen and oxygen atoms in total. The maximum Gasteiger partial charge on any atom is 0.252 e. The Labute approximate surface area is 252 Å². The van der Waals surface area contributed by atoms with Crippen LogP contribution >= 0.6 is 0 Å². The standard InChI is InChI=1S/C36H36N4O3/c1-3-23(2)34-29(25-15-7-8-18-28(25)35(42)40-34)22-33(41)38-31-19-11-9-16-26(31)27-17-10-12-20-32(27)39-36(43)30(37)21-24-13-5-4-6-14-24/h4-20,22-23,30,34H,3,21,37H2,1-2H3,(H,38,41)(H,39,43)(H,40,42)/b29-22-/t23-,30-,34-/m0/s1. The highest BCUT2D eigenvalue weighted by molar-refractivity contribution is 6.11. The van der Waals surface area contributed by atoms with Gasteiger partial charge in [0.2, 0.25) is 11.8 Å². The van der Waals surface area contributed by atoms with E-state index in [2.05, 4.69) is 29.8 Å². The van der Waals surface area contributed by atoms with Crippen LogP contribution in [0.4, 0.5) is 11.4 Å². The zero-order valence-corrected chi connectivity index (χ0v) is 24.3. The van der Waals surface area contributed by atoms with Crippen LogP contribution in [0.5, 0.6) is 0 Å². The molecule has 4 aromatic rings. The maximum absolute atomic E-state index is 13.6. The van der Waals surface area contributed by atoms with Crippen molar-refractivity contribution in [2.75, 3.05) is 10.6 Å². The topological polar surface area (TPSA) is 113 Å². The first kappa shape index (κ1) is 29.5. The van der Waals surface area contributed by atoms with Crippen LogP contribution < -0.4 is 21.7 Å². The Balaban J connectivity index is 1.41. The van der Waals surface area contributed by atoms with Gasteiger partial charge in [-0.1, -0.05) is 105 Å². The summed E-state index contributed by atoms with van der Waals surface area (Å²) >= 11 is 0. The monoisotopic (exact) mass is 572 g/mol. The van der Waals surface area contributed by atoms with Gasteiger partial charge in [0.15, 0.2) is 0 Å². The minimum Gasteiger partial charge on any atom is -0.345 e. The molecule has 0 saturated carbocycles. The van der Waals surface area contributed by atoms with Gasteiger partial charge in [-0.25, -0.2) is 0 Å². The minimum atomic E-state index is -0.727. The lowest BCUT2D eigenvalue weighted by atomic mass is 9.82. The summed E-state index contributed by atoms with van der Waals surface area (Å²) < 4.78 is 0. The minimum absolute atomic E-state index is 0.132. The van der Waals surface area contributed by atoms with Crippen molar-refractivity contribution in [1.82, 2.24) is 5.32 Å². The van der Waals surface area contributed by atoms with Crippen molar-refractivity contribution in [2.45, 2.75) is 38.8 Å². The van der Waals surface area contributed by atoms with Gasteiger partial charge in [-0.05, 0) is 47.2 Å². The van der Waals surface area contributed by atoms with Crippen LogP contribution in [0.25, 0.3) is 16.7 Å². The number of fused-ring (bicyclic) bond motifs is 1. The van der Waals surface area contributed by atoms with Gasteiger partial charge in [0.05, 0.1) is 12.1 Å². The van der Waals surface area contributed by atoms with Gasteiger partial charge in [0.25, 0.3) is 5.91 Å². The number of hydrogen-bond donors (Lipinski definition) is 4. The third-order valence-corrected chi connectivity index (χ3v) is 7.90. The number of rotatable bonds is 9. The second kappa shape index (κ2) is 13.3. The van der Waals surface area contributed by atoms with E-state index >= 15 is 0 Å². The second-order valence-electron chi connectivity index (χ2n) is 10.8. The molecular weight excluding hydrogens is 536 g/mol. The van der Waals surface area contributed by atoms with E-state index in [1.54, 1.807) is 12.1 Å². The van der Waals surface area contributed by atoms with Crippen molar-refractivity contribution in [3.63, 3.8) is 0 Å². The van der Waals surface area contributed by atoms with Gasteiger partial charge in [0.1, 0.15) is 0 Å². The first-order valence-electron chi connectivity index (χ1n) is 14.6. The Kier molecular flexibility index (Phi) is 9.13. The number of para-hydroxylation sites is 2. The molecule has 5 N–H and O–H groups in total. The molecule has 0 bridgehead atoms. The molecule has 0 spiro atoms. The van der Waals surface area contributed by atoms with Gasteiger partial charge in [-0.2, -0.15) is 0 Å². The zero-order chi connectivity index (χ0) is 30.3. The Morgan fingerprint density at radius 2 is 1.33 bits per heavy atom. The van der Waals surface area contributed by atoms with Gasteiger partial charge in [-0.3, -0.25) is 14.4 Å². The lowest BCUT2D eigenvalue weighted by molar-refractivity contribution is -0.117. The predicted molar refractivity (Wildman–Crippen MR) is 172 cm³/mol. The molecule has 4 aromatic carbocycles. The molecule has 0 unspecified atom stereocenters. The first-order chi connectivity index (χ1) is 20.9. The predicted octanol–water partition coefficient (Wildman–Crippen LogP) is 6.04. The summed E-state index contributed by atoms with van der Waals surface area (Å²) in [6.45, 7) is 4.13. The molecule has 7 heteroatoms. The summed E-state index contributed by atoms with van der Waals surface area (Å²) in [5, 5.41) is 9.12. The maximum atomic E-state index is 13.6. The fourth-order valence-corrected chi connectivity index (χ4v) is 5.40. The molecular formula is C36H36N4O3. The van der Waals surface area contributed by atoms with E-state index in [0.717, 1.165) is 34.2 Å². The fraction of sp³-hybridized carbons (Fsp3) is 0.194. The van der Waals surface area contributed by atoms with E-state index in [4.69, 9.17) is 5.73 Å². The molecule has 1 aliphatic heterocycles. The molecule has 3 atom stereocenters. The van der Waals surface area contributed by atoms with Crippen LogP contribution in [0.3, 0.4) is 0 Å². The summed E-state index contributed by atoms with van der Waals surface area (Å²) in [5.41, 5.74) is 12.0. The third-order valence-electron chi connectivity index (χ3n) is 7.90. The van der Waals surface area contributed by atoms with Crippen molar-refractivity contribution in [3.8, 4) is 11.1 Å². The highest BCUT2D eigenvalue weighted by Crippen LogP contribution is 2.35. The number of hydrogen-bond acceptors (Lipinski definition) is 4. The molecule has 0 aliphatic carbocycles. The quantitative estimate of drug-likeness (QED) is 0.183. The number of nitrogens with one attached hydrogen (secondary N) is 3. The van der Waals surface area contributed by atoms with Crippen LogP contribution in [0, 0.1) is 5.92 Å². The van der Waals surface area contributed by atoms with Gasteiger partial charge < -0.3 is 21.7 Å². The molecule has 0 saturated heterocycles. The zero-order valence-electron chi connectivity index (χ0n) is 24.3. The van der Waals surface area contributed by atoms with Gasteiger partial charge >= 0.3 is 0 Å². The molecule has 1 heterocycles. The lowest BCUT2D eigenvalue weighted by Gasteiger charge is -2.32. The Morgan fingerprint density at radius 1 is 0.791 bits per heavy atom. The number of carbonyl (C=O) groups excluding carboxylic acids is 3. The normalized spacial score (nSPS) is 16.5. The smallest absolute Gasteiger partial charge is 0.252 e. The molecule has 1 aliphatic rings. The van der Waals surface area contributed by atoms with Crippen LogP contribution in [-0.4, -0.2) is 29.8 Å². The summed E-state index contributed by atoms with van der Waals surface area (Å²) in [6, 6.07) is 30.9. The summed E-state index contributed by atoms with van der Waals surface area (Å²) in [5.74, 6) is -0.608. The van der Waals surface area contributed by atoms with Gasteiger partial charge in [-0.15, -0.1) is 0 Å². The highest BCUT2D eigenvalue weighted by Gasteiger charge is 2.32. The van der Waals surface area contributed by atoms with Crippen molar-refractivity contribution in [3.05, 3.63) is 126 Å². The molecule has 0 aromatic heterocycles. The number of nitrogens with two attached hydrogens (primary N) is 1. The third kappa shape index (κ3) is 6.74. The SMILES string of the molecule is CC[C@H](C)[C@@H]1NC(=O)c2ccccc2/C1=C/C(=O)Nc1ccccc1-c1ccccc1NC(=O)[C@@H](N)Cc1ccccc1. The van der Waals surface area contributed by atoms with Crippen LogP contribution in [-0.2, 0) is 16.0 Å². The molecule has 0 fully saturated rings. The van der Waals surface area contributed by atoms with Gasteiger partial charge in [0, 0.05) is 34.1 Å². The Hall–Kier alpha value is -5.01. The van der Waals surface area contributed by atoms with Crippen LogP contribution in [0.1, 0.15) is 41.8 Å². The molecule has 0 radical (unpaired) electrons. The number of amides is 3. The van der Waals surface area contributed by atoms with Crippen LogP contribution in [0.2, 0.25) is 0 Å². The first-order valence-corrected chi connectivity index (χ1v) is 14.6. The van der Waals surface area contributed by atoms with Crippen molar-refractivity contribution < 1.29 is 14.4 Å². The van der Waals surface area contributed by atoms with Crippen molar-refractivity contribution >= 4 is 34.7 Å². The summed E-state index contributed by atoms with van der Waals surface area (Å²) in [7, 11) is 0. The van der Waals surface area contributed by atoms with Crippen molar-refractivity contribution in [2.24, 2.45) is 11.7 Å². The van der Waals surface area contributed by atoms with E-state index in [1.807, 2.05) is 97.1 Å². The van der Waals surface area contributed by atoms with E-state index in [0.29, 0.717) is 23.4 Å².